The minimum Gasteiger partial charge on any atom is -0.371 e. The normalized spacial score (nSPS) is 29.8. The average Bonchev–Trinajstić information content (AvgIpc) is 2.73. The first kappa shape index (κ1) is 6.79. The third-order valence-electron chi connectivity index (χ3n) is 1.94. The monoisotopic (exact) mass is 155 g/mol. The molecule has 0 unspecified atom stereocenters. The first-order valence-corrected chi connectivity index (χ1v) is 3.72. The maximum atomic E-state index is 11.0. The first-order valence-electron chi connectivity index (χ1n) is 3.72. The first-order chi connectivity index (χ1) is 5.27. The number of rotatable bonds is 2. The molecule has 0 aliphatic carbocycles. The fourth-order valence-corrected chi connectivity index (χ4v) is 1.20. The summed E-state index contributed by atoms with van der Waals surface area (Å²) in [5.41, 5.74) is 0. The van der Waals surface area contributed by atoms with Crippen molar-refractivity contribution >= 4 is 11.8 Å². The Hall–Kier alpha value is -0.900. The van der Waals surface area contributed by atoms with Gasteiger partial charge in [0.05, 0.1) is 19.3 Å². The van der Waals surface area contributed by atoms with Crippen LogP contribution in [0.4, 0.5) is 0 Å². The van der Waals surface area contributed by atoms with Gasteiger partial charge in [0, 0.05) is 12.8 Å². The number of amides is 2. The predicted octanol–water partition coefficient (Wildman–Crippen LogP) is -0.466. The van der Waals surface area contributed by atoms with E-state index < -0.39 is 0 Å². The van der Waals surface area contributed by atoms with Crippen molar-refractivity contribution in [3.8, 4) is 0 Å². The predicted molar refractivity (Wildman–Crippen MR) is 35.7 cm³/mol. The van der Waals surface area contributed by atoms with Crippen molar-refractivity contribution in [2.45, 2.75) is 18.9 Å². The molecule has 0 aromatic heterocycles. The van der Waals surface area contributed by atoms with Crippen LogP contribution in [0.1, 0.15) is 12.8 Å². The van der Waals surface area contributed by atoms with Crippen molar-refractivity contribution in [1.82, 2.24) is 4.90 Å². The van der Waals surface area contributed by atoms with E-state index >= 15 is 0 Å². The summed E-state index contributed by atoms with van der Waals surface area (Å²) in [6.45, 7) is 1.16. The molecule has 0 radical (unpaired) electrons. The number of hydrogen-bond acceptors (Lipinski definition) is 3. The van der Waals surface area contributed by atoms with Crippen LogP contribution in [-0.2, 0) is 14.3 Å². The van der Waals surface area contributed by atoms with Crippen LogP contribution >= 0.6 is 0 Å². The van der Waals surface area contributed by atoms with Crippen LogP contribution in [0.5, 0.6) is 0 Å². The maximum absolute atomic E-state index is 11.0. The largest absolute Gasteiger partial charge is 0.371 e. The molecule has 2 fully saturated rings. The molecule has 2 saturated heterocycles. The van der Waals surface area contributed by atoms with E-state index in [2.05, 4.69) is 0 Å². The van der Waals surface area contributed by atoms with E-state index in [1.165, 1.54) is 4.90 Å². The molecular weight excluding hydrogens is 146 g/mol. The van der Waals surface area contributed by atoms with E-state index in [1.807, 2.05) is 0 Å². The van der Waals surface area contributed by atoms with Gasteiger partial charge in [-0.2, -0.15) is 0 Å². The standard InChI is InChI=1S/C7H9NO3/c9-6-1-2-7(10)8(6)3-5-4-11-5/h5H,1-4H2/t5-/m0/s1. The number of hydrogen-bond donors (Lipinski definition) is 0. The molecule has 2 aliphatic heterocycles. The van der Waals surface area contributed by atoms with E-state index in [0.29, 0.717) is 26.0 Å². The van der Waals surface area contributed by atoms with Gasteiger partial charge in [0.15, 0.2) is 0 Å². The molecule has 0 bridgehead atoms. The van der Waals surface area contributed by atoms with Gasteiger partial charge < -0.3 is 4.74 Å². The average molecular weight is 155 g/mol. The lowest BCUT2D eigenvalue weighted by Gasteiger charge is -2.10. The van der Waals surface area contributed by atoms with E-state index in [1.54, 1.807) is 0 Å². The summed E-state index contributed by atoms with van der Waals surface area (Å²) in [6.07, 6.45) is 0.887. The summed E-state index contributed by atoms with van der Waals surface area (Å²) < 4.78 is 4.92. The highest BCUT2D eigenvalue weighted by molar-refractivity contribution is 6.01. The minimum absolute atomic E-state index is 0.0505. The molecule has 11 heavy (non-hydrogen) atoms. The molecule has 4 heteroatoms. The number of carbonyl (C=O) groups excluding carboxylic acids is 2. The van der Waals surface area contributed by atoms with E-state index in [-0.39, 0.29) is 17.9 Å². The molecule has 0 aromatic carbocycles. The molecule has 4 nitrogen and oxygen atoms in total. The lowest BCUT2D eigenvalue weighted by atomic mass is 10.4. The lowest BCUT2D eigenvalue weighted by Crippen LogP contribution is -2.32. The Labute approximate surface area is 64.1 Å². The molecular formula is C7H9NO3. The Morgan fingerprint density at radius 1 is 1.36 bits per heavy atom. The molecule has 2 amide bonds. The van der Waals surface area contributed by atoms with Crippen LogP contribution in [-0.4, -0.2) is 36.0 Å². The summed E-state index contributed by atoms with van der Waals surface area (Å²) in [5.74, 6) is -0.101. The summed E-state index contributed by atoms with van der Waals surface area (Å²) in [5, 5.41) is 0. The SMILES string of the molecule is O=C1CCC(=O)N1C[C@H]1CO1. The second-order valence-electron chi connectivity index (χ2n) is 2.85. The van der Waals surface area contributed by atoms with Crippen molar-refractivity contribution < 1.29 is 14.3 Å². The topological polar surface area (TPSA) is 49.9 Å². The number of nitrogens with zero attached hydrogens (tertiary/aromatic N) is 1. The third-order valence-corrected chi connectivity index (χ3v) is 1.94. The molecule has 2 heterocycles. The summed E-state index contributed by atoms with van der Waals surface area (Å²) in [7, 11) is 0. The van der Waals surface area contributed by atoms with E-state index in [0.717, 1.165) is 0 Å². The Bertz CT molecular complexity index is 194. The smallest absolute Gasteiger partial charge is 0.229 e. The van der Waals surface area contributed by atoms with Gasteiger partial charge >= 0.3 is 0 Å². The van der Waals surface area contributed by atoms with Gasteiger partial charge in [-0.1, -0.05) is 0 Å². The summed E-state index contributed by atoms with van der Waals surface area (Å²) >= 11 is 0. The number of epoxide rings is 1. The quantitative estimate of drug-likeness (QED) is 0.400. The number of ether oxygens (including phenoxy) is 1. The Morgan fingerprint density at radius 3 is 2.36 bits per heavy atom. The summed E-state index contributed by atoms with van der Waals surface area (Å²) in [6, 6.07) is 0. The van der Waals surface area contributed by atoms with Gasteiger partial charge in [-0.3, -0.25) is 14.5 Å². The van der Waals surface area contributed by atoms with Crippen LogP contribution in [0.25, 0.3) is 0 Å². The van der Waals surface area contributed by atoms with E-state index in [4.69, 9.17) is 4.74 Å². The molecule has 0 saturated carbocycles. The fourth-order valence-electron chi connectivity index (χ4n) is 1.20. The number of carbonyl (C=O) groups is 2. The Morgan fingerprint density at radius 2 is 1.91 bits per heavy atom. The third kappa shape index (κ3) is 1.26. The Balaban J connectivity index is 1.97. The van der Waals surface area contributed by atoms with Crippen LogP contribution in [0.2, 0.25) is 0 Å². The van der Waals surface area contributed by atoms with E-state index in [9.17, 15) is 9.59 Å². The van der Waals surface area contributed by atoms with Gasteiger partial charge in [0.2, 0.25) is 11.8 Å². The molecule has 2 aliphatic rings. The minimum atomic E-state index is -0.0505. The highest BCUT2D eigenvalue weighted by Crippen LogP contribution is 2.17. The van der Waals surface area contributed by atoms with Crippen LogP contribution in [0.15, 0.2) is 0 Å². The van der Waals surface area contributed by atoms with Crippen LogP contribution in [0, 0.1) is 0 Å². The second-order valence-corrected chi connectivity index (χ2v) is 2.85. The van der Waals surface area contributed by atoms with Crippen LogP contribution in [0.3, 0.4) is 0 Å². The van der Waals surface area contributed by atoms with Crippen LogP contribution < -0.4 is 0 Å². The number of imide groups is 1. The lowest BCUT2D eigenvalue weighted by molar-refractivity contribution is -0.138. The highest BCUT2D eigenvalue weighted by atomic mass is 16.6. The van der Waals surface area contributed by atoms with Gasteiger partial charge in [0.25, 0.3) is 0 Å². The molecule has 0 aromatic rings. The zero-order valence-corrected chi connectivity index (χ0v) is 6.08. The Kier molecular flexibility index (Phi) is 1.42. The molecule has 2 rings (SSSR count). The summed E-state index contributed by atoms with van der Waals surface area (Å²) in [4.78, 5) is 23.3. The van der Waals surface area contributed by atoms with Crippen molar-refractivity contribution in [1.29, 1.82) is 0 Å². The number of likely N-dealkylation sites (tertiary alicyclic amines) is 1. The van der Waals surface area contributed by atoms with Crippen molar-refractivity contribution in [2.75, 3.05) is 13.2 Å². The molecule has 0 spiro atoms. The zero-order chi connectivity index (χ0) is 7.84. The molecule has 0 N–H and O–H groups in total. The second kappa shape index (κ2) is 2.30. The molecule has 60 valence electrons. The fraction of sp³-hybridized carbons (Fsp3) is 0.714. The van der Waals surface area contributed by atoms with Crippen molar-refractivity contribution in [3.63, 3.8) is 0 Å². The van der Waals surface area contributed by atoms with Gasteiger partial charge in [-0.15, -0.1) is 0 Å². The molecule has 1 atom stereocenters. The zero-order valence-electron chi connectivity index (χ0n) is 6.08. The van der Waals surface area contributed by atoms with Gasteiger partial charge in [-0.05, 0) is 0 Å². The van der Waals surface area contributed by atoms with Crippen molar-refractivity contribution in [2.24, 2.45) is 0 Å². The van der Waals surface area contributed by atoms with Gasteiger partial charge in [-0.25, -0.2) is 0 Å². The van der Waals surface area contributed by atoms with Crippen molar-refractivity contribution in [3.05, 3.63) is 0 Å². The highest BCUT2D eigenvalue weighted by Gasteiger charge is 2.34. The van der Waals surface area contributed by atoms with Gasteiger partial charge in [0.1, 0.15) is 0 Å². The maximum Gasteiger partial charge on any atom is 0.229 e.